The molecule has 0 unspecified atom stereocenters. The molecule has 4 nitrogen and oxygen atoms in total. The summed E-state index contributed by atoms with van der Waals surface area (Å²) in [6, 6.07) is 8.01. The van der Waals surface area contributed by atoms with Crippen LogP contribution >= 0.6 is 0 Å². The largest absolute Gasteiger partial charge is 0.475 e. The third-order valence-electron chi connectivity index (χ3n) is 2.83. The molecule has 0 spiro atoms. The number of pyridine rings is 1. The molecule has 0 atom stereocenters. The molecule has 0 aliphatic carbocycles. The molecule has 1 aromatic carbocycles. The van der Waals surface area contributed by atoms with E-state index >= 15 is 0 Å². The second-order valence-electron chi connectivity index (χ2n) is 4.61. The number of benzene rings is 1. The SMILES string of the molecule is CC(C)OCCOc1ncc(CN)c2ccccc12. The lowest BCUT2D eigenvalue weighted by atomic mass is 10.1. The highest BCUT2D eigenvalue weighted by Gasteiger charge is 2.07. The van der Waals surface area contributed by atoms with Gasteiger partial charge in [-0.1, -0.05) is 18.2 Å². The van der Waals surface area contributed by atoms with Crippen LogP contribution in [0.2, 0.25) is 0 Å². The Morgan fingerprint density at radius 2 is 1.89 bits per heavy atom. The highest BCUT2D eigenvalue weighted by molar-refractivity contribution is 5.89. The van der Waals surface area contributed by atoms with Crippen LogP contribution in [0.15, 0.2) is 30.5 Å². The van der Waals surface area contributed by atoms with Gasteiger partial charge in [-0.15, -0.1) is 0 Å². The Kier molecular flexibility index (Phi) is 4.71. The van der Waals surface area contributed by atoms with E-state index in [0.29, 0.717) is 25.6 Å². The van der Waals surface area contributed by atoms with Crippen LogP contribution in [0.3, 0.4) is 0 Å². The number of ether oxygens (including phenoxy) is 2. The summed E-state index contributed by atoms with van der Waals surface area (Å²) >= 11 is 0. The van der Waals surface area contributed by atoms with Gasteiger partial charge in [-0.25, -0.2) is 4.98 Å². The maximum atomic E-state index is 5.72. The maximum Gasteiger partial charge on any atom is 0.221 e. The second kappa shape index (κ2) is 6.50. The van der Waals surface area contributed by atoms with Crippen molar-refractivity contribution in [2.45, 2.75) is 26.5 Å². The Morgan fingerprint density at radius 3 is 2.58 bits per heavy atom. The van der Waals surface area contributed by atoms with Gasteiger partial charge in [-0.05, 0) is 30.9 Å². The number of hydrogen-bond acceptors (Lipinski definition) is 4. The molecule has 19 heavy (non-hydrogen) atoms. The van der Waals surface area contributed by atoms with Crippen molar-refractivity contribution in [3.05, 3.63) is 36.0 Å². The minimum absolute atomic E-state index is 0.216. The fourth-order valence-electron chi connectivity index (χ4n) is 1.93. The van der Waals surface area contributed by atoms with Crippen LogP contribution in [-0.2, 0) is 11.3 Å². The molecule has 0 bridgehead atoms. The zero-order chi connectivity index (χ0) is 13.7. The van der Waals surface area contributed by atoms with Gasteiger partial charge in [0.2, 0.25) is 5.88 Å². The molecular weight excluding hydrogens is 240 g/mol. The Bertz CT molecular complexity index is 541. The molecule has 2 N–H and O–H groups in total. The molecule has 0 aliphatic rings. The van der Waals surface area contributed by atoms with E-state index in [2.05, 4.69) is 4.98 Å². The van der Waals surface area contributed by atoms with Gasteiger partial charge in [0.1, 0.15) is 6.61 Å². The van der Waals surface area contributed by atoms with Crippen LogP contribution in [0.4, 0.5) is 0 Å². The first-order valence-electron chi connectivity index (χ1n) is 6.53. The predicted octanol–water partition coefficient (Wildman–Crippen LogP) is 2.50. The van der Waals surface area contributed by atoms with E-state index in [1.807, 2.05) is 38.1 Å². The topological polar surface area (TPSA) is 57.4 Å². The first kappa shape index (κ1) is 13.8. The summed E-state index contributed by atoms with van der Waals surface area (Å²) in [6.07, 6.45) is 1.99. The lowest BCUT2D eigenvalue weighted by Gasteiger charge is -2.11. The van der Waals surface area contributed by atoms with Crippen molar-refractivity contribution in [1.29, 1.82) is 0 Å². The fraction of sp³-hybridized carbons (Fsp3) is 0.400. The maximum absolute atomic E-state index is 5.72. The minimum Gasteiger partial charge on any atom is -0.475 e. The van der Waals surface area contributed by atoms with Crippen LogP contribution < -0.4 is 10.5 Å². The highest BCUT2D eigenvalue weighted by Crippen LogP contribution is 2.25. The smallest absolute Gasteiger partial charge is 0.221 e. The Balaban J connectivity index is 2.15. The van der Waals surface area contributed by atoms with Crippen LogP contribution in [-0.4, -0.2) is 24.3 Å². The van der Waals surface area contributed by atoms with Crippen molar-refractivity contribution in [1.82, 2.24) is 4.98 Å². The summed E-state index contributed by atoms with van der Waals surface area (Å²) in [6.45, 7) is 5.54. The third kappa shape index (κ3) is 3.43. The standard InChI is InChI=1S/C15H20N2O2/c1-11(2)18-7-8-19-15-14-6-4-3-5-13(14)12(9-16)10-17-15/h3-6,10-11H,7-9,16H2,1-2H3. The van der Waals surface area contributed by atoms with Gasteiger partial charge in [-0.2, -0.15) is 0 Å². The summed E-state index contributed by atoms with van der Waals surface area (Å²) in [5.74, 6) is 0.639. The molecule has 102 valence electrons. The molecule has 0 aliphatic heterocycles. The fourth-order valence-corrected chi connectivity index (χ4v) is 1.93. The normalized spacial score (nSPS) is 11.2. The summed E-state index contributed by atoms with van der Waals surface area (Å²) in [5, 5.41) is 2.09. The molecule has 0 saturated carbocycles. The molecule has 0 saturated heterocycles. The lowest BCUT2D eigenvalue weighted by molar-refractivity contribution is 0.0546. The zero-order valence-electron chi connectivity index (χ0n) is 11.4. The molecule has 0 fully saturated rings. The van der Waals surface area contributed by atoms with Gasteiger partial charge >= 0.3 is 0 Å². The monoisotopic (exact) mass is 260 g/mol. The average molecular weight is 260 g/mol. The first-order valence-corrected chi connectivity index (χ1v) is 6.53. The van der Waals surface area contributed by atoms with Gasteiger partial charge < -0.3 is 15.2 Å². The van der Waals surface area contributed by atoms with Crippen LogP contribution in [0.25, 0.3) is 10.8 Å². The van der Waals surface area contributed by atoms with E-state index in [-0.39, 0.29) is 6.10 Å². The highest BCUT2D eigenvalue weighted by atomic mass is 16.5. The number of rotatable bonds is 6. The molecule has 4 heteroatoms. The van der Waals surface area contributed by atoms with E-state index < -0.39 is 0 Å². The van der Waals surface area contributed by atoms with Crippen molar-refractivity contribution in [3.8, 4) is 5.88 Å². The Hall–Kier alpha value is -1.65. The van der Waals surface area contributed by atoms with E-state index in [1.165, 1.54) is 0 Å². The Labute approximate surface area is 113 Å². The summed E-state index contributed by atoms with van der Waals surface area (Å²) < 4.78 is 11.1. The van der Waals surface area contributed by atoms with Gasteiger partial charge in [-0.3, -0.25) is 0 Å². The number of nitrogens with zero attached hydrogens (tertiary/aromatic N) is 1. The van der Waals surface area contributed by atoms with Crippen LogP contribution in [0.5, 0.6) is 5.88 Å². The molecule has 0 radical (unpaired) electrons. The molecule has 2 rings (SSSR count). The van der Waals surface area contributed by atoms with Gasteiger partial charge in [0.25, 0.3) is 0 Å². The quantitative estimate of drug-likeness (QED) is 0.811. The van der Waals surface area contributed by atoms with E-state index in [1.54, 1.807) is 6.20 Å². The van der Waals surface area contributed by atoms with E-state index in [4.69, 9.17) is 15.2 Å². The summed E-state index contributed by atoms with van der Waals surface area (Å²) in [4.78, 5) is 4.34. The van der Waals surface area contributed by atoms with E-state index in [9.17, 15) is 0 Å². The van der Waals surface area contributed by atoms with Crippen molar-refractivity contribution >= 4 is 10.8 Å². The second-order valence-corrected chi connectivity index (χ2v) is 4.61. The third-order valence-corrected chi connectivity index (χ3v) is 2.83. The van der Waals surface area contributed by atoms with Crippen molar-refractivity contribution in [3.63, 3.8) is 0 Å². The van der Waals surface area contributed by atoms with Gasteiger partial charge in [0.05, 0.1) is 12.7 Å². The number of hydrogen-bond donors (Lipinski definition) is 1. The summed E-state index contributed by atoms with van der Waals surface area (Å²) in [5.41, 5.74) is 6.75. The van der Waals surface area contributed by atoms with Crippen molar-refractivity contribution in [2.75, 3.05) is 13.2 Å². The molecule has 0 amide bonds. The van der Waals surface area contributed by atoms with E-state index in [0.717, 1.165) is 16.3 Å². The van der Waals surface area contributed by atoms with Crippen LogP contribution in [0, 0.1) is 0 Å². The van der Waals surface area contributed by atoms with Crippen LogP contribution in [0.1, 0.15) is 19.4 Å². The van der Waals surface area contributed by atoms with Crippen molar-refractivity contribution < 1.29 is 9.47 Å². The van der Waals surface area contributed by atoms with Gasteiger partial charge in [0.15, 0.2) is 0 Å². The molecule has 1 aromatic heterocycles. The Morgan fingerprint density at radius 1 is 1.16 bits per heavy atom. The average Bonchev–Trinajstić information content (AvgIpc) is 2.43. The van der Waals surface area contributed by atoms with Gasteiger partial charge in [0, 0.05) is 18.1 Å². The first-order chi connectivity index (χ1) is 9.22. The predicted molar refractivity (Wildman–Crippen MR) is 76.2 cm³/mol. The van der Waals surface area contributed by atoms with Crippen molar-refractivity contribution in [2.24, 2.45) is 5.73 Å². The number of aromatic nitrogens is 1. The number of fused-ring (bicyclic) bond motifs is 1. The lowest BCUT2D eigenvalue weighted by Crippen LogP contribution is -2.12. The zero-order valence-corrected chi connectivity index (χ0v) is 11.4. The molecule has 1 heterocycles. The number of nitrogens with two attached hydrogens (primary N) is 1. The summed E-state index contributed by atoms with van der Waals surface area (Å²) in [7, 11) is 0. The molecule has 2 aromatic rings. The minimum atomic E-state index is 0.216. The molecular formula is C15H20N2O2.